The van der Waals surface area contributed by atoms with Gasteiger partial charge in [-0.3, -0.25) is 0 Å². The first-order chi connectivity index (χ1) is 6.98. The Labute approximate surface area is 90.4 Å². The van der Waals surface area contributed by atoms with Crippen molar-refractivity contribution in [1.29, 1.82) is 5.26 Å². The molecule has 15 heavy (non-hydrogen) atoms. The number of anilines is 1. The Morgan fingerprint density at radius 3 is 2.60 bits per heavy atom. The minimum atomic E-state index is -0.347. The Balaban J connectivity index is 2.90. The maximum atomic E-state index is 9.11. The van der Waals surface area contributed by atoms with Crippen LogP contribution >= 0.6 is 0 Å². The third-order valence-corrected chi connectivity index (χ3v) is 2.22. The third-order valence-electron chi connectivity index (χ3n) is 2.22. The van der Waals surface area contributed by atoms with Crippen LogP contribution in [0.2, 0.25) is 0 Å². The molecule has 80 valence electrons. The van der Waals surface area contributed by atoms with Crippen molar-refractivity contribution in [3.05, 3.63) is 29.3 Å². The highest BCUT2D eigenvalue weighted by molar-refractivity contribution is 5.52. The van der Waals surface area contributed by atoms with Gasteiger partial charge in [0, 0.05) is 5.69 Å². The molecule has 0 radical (unpaired) electrons. The molecule has 0 atom stereocenters. The largest absolute Gasteiger partial charge is 0.394 e. The second-order valence-corrected chi connectivity index (χ2v) is 4.31. The first-order valence-electron chi connectivity index (χ1n) is 4.88. The van der Waals surface area contributed by atoms with Gasteiger partial charge in [-0.25, -0.2) is 0 Å². The summed E-state index contributed by atoms with van der Waals surface area (Å²) in [4.78, 5) is 0. The molecule has 0 aliphatic heterocycles. The van der Waals surface area contributed by atoms with E-state index in [2.05, 4.69) is 11.4 Å². The highest BCUT2D eigenvalue weighted by atomic mass is 16.3. The Bertz CT molecular complexity index is 391. The molecule has 1 aromatic rings. The van der Waals surface area contributed by atoms with E-state index in [0.29, 0.717) is 5.56 Å². The first kappa shape index (κ1) is 11.5. The summed E-state index contributed by atoms with van der Waals surface area (Å²) in [7, 11) is 0. The number of aliphatic hydroxyl groups is 1. The van der Waals surface area contributed by atoms with Gasteiger partial charge in [0.05, 0.1) is 23.8 Å². The Hall–Kier alpha value is -1.53. The number of benzene rings is 1. The summed E-state index contributed by atoms with van der Waals surface area (Å²) in [6.45, 7) is 5.79. The van der Waals surface area contributed by atoms with Crippen LogP contribution in [0.5, 0.6) is 0 Å². The zero-order chi connectivity index (χ0) is 11.5. The highest BCUT2D eigenvalue weighted by Crippen LogP contribution is 2.18. The van der Waals surface area contributed by atoms with Crippen LogP contribution in [-0.4, -0.2) is 17.3 Å². The summed E-state index contributed by atoms with van der Waals surface area (Å²) < 4.78 is 0. The van der Waals surface area contributed by atoms with Crippen LogP contribution in [-0.2, 0) is 0 Å². The third kappa shape index (κ3) is 2.97. The smallest absolute Gasteiger partial charge is 0.0994 e. The molecule has 0 amide bonds. The van der Waals surface area contributed by atoms with E-state index in [-0.39, 0.29) is 12.1 Å². The van der Waals surface area contributed by atoms with E-state index in [1.54, 1.807) is 6.07 Å². The Kier molecular flexibility index (Phi) is 3.33. The van der Waals surface area contributed by atoms with Crippen molar-refractivity contribution in [3.63, 3.8) is 0 Å². The average molecular weight is 204 g/mol. The normalized spacial score (nSPS) is 10.9. The molecule has 0 heterocycles. The van der Waals surface area contributed by atoms with Gasteiger partial charge < -0.3 is 10.4 Å². The fourth-order valence-electron chi connectivity index (χ4n) is 1.30. The van der Waals surface area contributed by atoms with Crippen molar-refractivity contribution < 1.29 is 5.11 Å². The van der Waals surface area contributed by atoms with Gasteiger partial charge in [0.1, 0.15) is 0 Å². The molecule has 0 aliphatic carbocycles. The molecule has 1 rings (SSSR count). The molecule has 0 fully saturated rings. The SMILES string of the molecule is Cc1cc(NC(C)(C)CO)ccc1C#N. The number of nitrogens with one attached hydrogen (secondary N) is 1. The maximum absolute atomic E-state index is 9.11. The maximum Gasteiger partial charge on any atom is 0.0994 e. The number of aliphatic hydroxyl groups excluding tert-OH is 1. The number of nitriles is 1. The quantitative estimate of drug-likeness (QED) is 0.792. The van der Waals surface area contributed by atoms with Crippen molar-refractivity contribution in [2.75, 3.05) is 11.9 Å². The molecule has 0 saturated heterocycles. The van der Waals surface area contributed by atoms with E-state index in [1.165, 1.54) is 0 Å². The average Bonchev–Trinajstić information content (AvgIpc) is 2.17. The second kappa shape index (κ2) is 4.33. The topological polar surface area (TPSA) is 56.0 Å². The summed E-state index contributed by atoms with van der Waals surface area (Å²) in [5.41, 5.74) is 2.20. The van der Waals surface area contributed by atoms with Gasteiger partial charge in [-0.1, -0.05) is 0 Å². The van der Waals surface area contributed by atoms with Crippen molar-refractivity contribution >= 4 is 5.69 Å². The van der Waals surface area contributed by atoms with E-state index < -0.39 is 0 Å². The molecule has 0 saturated carbocycles. The van der Waals surface area contributed by atoms with Gasteiger partial charge in [0.2, 0.25) is 0 Å². The lowest BCUT2D eigenvalue weighted by molar-refractivity contribution is 0.234. The van der Waals surface area contributed by atoms with Gasteiger partial charge in [-0.15, -0.1) is 0 Å². The number of aryl methyl sites for hydroxylation is 1. The molecule has 2 N–H and O–H groups in total. The van der Waals surface area contributed by atoms with Crippen molar-refractivity contribution in [2.24, 2.45) is 0 Å². The fourth-order valence-corrected chi connectivity index (χ4v) is 1.30. The predicted octanol–water partition coefficient (Wildman–Crippen LogP) is 2.05. The minimum Gasteiger partial charge on any atom is -0.394 e. The number of rotatable bonds is 3. The molecular formula is C12H16N2O. The molecule has 0 aromatic heterocycles. The lowest BCUT2D eigenvalue weighted by atomic mass is 10.0. The van der Waals surface area contributed by atoms with E-state index in [9.17, 15) is 0 Å². The van der Waals surface area contributed by atoms with Crippen LogP contribution < -0.4 is 5.32 Å². The van der Waals surface area contributed by atoms with Crippen LogP contribution in [0.25, 0.3) is 0 Å². The van der Waals surface area contributed by atoms with E-state index in [0.717, 1.165) is 11.3 Å². The lowest BCUT2D eigenvalue weighted by Gasteiger charge is -2.25. The molecular weight excluding hydrogens is 188 g/mol. The summed E-state index contributed by atoms with van der Waals surface area (Å²) in [6.07, 6.45) is 0. The predicted molar refractivity (Wildman–Crippen MR) is 60.7 cm³/mol. The van der Waals surface area contributed by atoms with Crippen LogP contribution in [0, 0.1) is 18.3 Å². The zero-order valence-corrected chi connectivity index (χ0v) is 9.33. The number of hydrogen-bond donors (Lipinski definition) is 2. The molecule has 0 unspecified atom stereocenters. The van der Waals surface area contributed by atoms with E-state index in [1.807, 2.05) is 32.9 Å². The summed E-state index contributed by atoms with van der Waals surface area (Å²) in [5.74, 6) is 0. The monoisotopic (exact) mass is 204 g/mol. The summed E-state index contributed by atoms with van der Waals surface area (Å²) >= 11 is 0. The van der Waals surface area contributed by atoms with Gasteiger partial charge in [-0.2, -0.15) is 5.26 Å². The van der Waals surface area contributed by atoms with Crippen molar-refractivity contribution in [1.82, 2.24) is 0 Å². The van der Waals surface area contributed by atoms with Gasteiger partial charge in [-0.05, 0) is 44.5 Å². The van der Waals surface area contributed by atoms with Crippen LogP contribution in [0.4, 0.5) is 5.69 Å². The minimum absolute atomic E-state index is 0.0616. The van der Waals surface area contributed by atoms with Gasteiger partial charge >= 0.3 is 0 Å². The molecule has 3 heteroatoms. The lowest BCUT2D eigenvalue weighted by Crippen LogP contribution is -2.34. The van der Waals surface area contributed by atoms with Crippen LogP contribution in [0.1, 0.15) is 25.0 Å². The highest BCUT2D eigenvalue weighted by Gasteiger charge is 2.15. The van der Waals surface area contributed by atoms with Gasteiger partial charge in [0.25, 0.3) is 0 Å². The summed E-state index contributed by atoms with van der Waals surface area (Å²) in [5, 5.41) is 21.1. The van der Waals surface area contributed by atoms with E-state index in [4.69, 9.17) is 10.4 Å². The molecule has 0 bridgehead atoms. The Morgan fingerprint density at radius 1 is 1.47 bits per heavy atom. The molecule has 3 nitrogen and oxygen atoms in total. The van der Waals surface area contributed by atoms with Gasteiger partial charge in [0.15, 0.2) is 0 Å². The fraction of sp³-hybridized carbons (Fsp3) is 0.417. The van der Waals surface area contributed by atoms with Crippen LogP contribution in [0.15, 0.2) is 18.2 Å². The Morgan fingerprint density at radius 2 is 2.13 bits per heavy atom. The standard InChI is InChI=1S/C12H16N2O/c1-9-6-11(5-4-10(9)7-13)14-12(2,3)8-15/h4-6,14-15H,8H2,1-3H3. The number of nitrogens with zero attached hydrogens (tertiary/aromatic N) is 1. The number of hydrogen-bond acceptors (Lipinski definition) is 3. The van der Waals surface area contributed by atoms with Crippen molar-refractivity contribution in [3.8, 4) is 6.07 Å². The van der Waals surface area contributed by atoms with Crippen LogP contribution in [0.3, 0.4) is 0 Å². The zero-order valence-electron chi connectivity index (χ0n) is 9.33. The molecule has 1 aromatic carbocycles. The molecule has 0 spiro atoms. The molecule has 0 aliphatic rings. The van der Waals surface area contributed by atoms with E-state index >= 15 is 0 Å². The van der Waals surface area contributed by atoms with Crippen molar-refractivity contribution in [2.45, 2.75) is 26.3 Å². The first-order valence-corrected chi connectivity index (χ1v) is 4.88. The second-order valence-electron chi connectivity index (χ2n) is 4.31. The summed E-state index contributed by atoms with van der Waals surface area (Å²) in [6, 6.07) is 7.67.